The van der Waals surface area contributed by atoms with E-state index in [-0.39, 0.29) is 12.2 Å². The molecule has 1 atom stereocenters. The van der Waals surface area contributed by atoms with Gasteiger partial charge in [0.1, 0.15) is 6.61 Å². The van der Waals surface area contributed by atoms with Gasteiger partial charge in [0, 0.05) is 0 Å². The van der Waals surface area contributed by atoms with E-state index in [1.54, 1.807) is 12.1 Å². The van der Waals surface area contributed by atoms with Gasteiger partial charge in [-0.2, -0.15) is 0 Å². The molecule has 5 nitrogen and oxygen atoms in total. The molecule has 0 radical (unpaired) electrons. The van der Waals surface area contributed by atoms with Gasteiger partial charge >= 0.3 is 12.1 Å². The van der Waals surface area contributed by atoms with Crippen molar-refractivity contribution in [2.24, 2.45) is 0 Å². The van der Waals surface area contributed by atoms with Crippen molar-refractivity contribution in [1.29, 1.82) is 0 Å². The van der Waals surface area contributed by atoms with Crippen LogP contribution in [-0.4, -0.2) is 23.8 Å². The second-order valence-electron chi connectivity index (χ2n) is 4.80. The summed E-state index contributed by atoms with van der Waals surface area (Å²) in [6, 6.07) is 15.3. The lowest BCUT2D eigenvalue weighted by Crippen LogP contribution is -2.30. The Bertz CT molecular complexity index is 680. The molecule has 0 heterocycles. The van der Waals surface area contributed by atoms with Crippen LogP contribution in [0.3, 0.4) is 0 Å². The summed E-state index contributed by atoms with van der Waals surface area (Å²) in [6.45, 7) is 3.61. The van der Waals surface area contributed by atoms with Crippen LogP contribution in [-0.2, 0) is 4.74 Å². The lowest BCUT2D eigenvalue weighted by atomic mass is 9.98. The Hall–Kier alpha value is -3.08. The van der Waals surface area contributed by atoms with Gasteiger partial charge in [-0.1, -0.05) is 55.1 Å². The first-order valence-corrected chi connectivity index (χ1v) is 7.04. The Morgan fingerprint density at radius 2 is 1.70 bits per heavy atom. The number of nitrogens with one attached hydrogen (secondary N) is 1. The minimum Gasteiger partial charge on any atom is -0.478 e. The normalized spacial score (nSPS) is 11.3. The second-order valence-corrected chi connectivity index (χ2v) is 4.80. The molecule has 0 saturated carbocycles. The van der Waals surface area contributed by atoms with Crippen LogP contribution in [0, 0.1) is 0 Å². The van der Waals surface area contributed by atoms with Crippen LogP contribution in [0.4, 0.5) is 4.79 Å². The van der Waals surface area contributed by atoms with Gasteiger partial charge in [-0.05, 0) is 23.3 Å². The maximum Gasteiger partial charge on any atom is 0.408 e. The number of ether oxygens (including phenoxy) is 1. The van der Waals surface area contributed by atoms with E-state index in [9.17, 15) is 9.59 Å². The molecule has 0 bridgehead atoms. The molecule has 0 aliphatic heterocycles. The molecule has 118 valence electrons. The fourth-order valence-electron chi connectivity index (χ4n) is 2.12. The minimum absolute atomic E-state index is 0.116. The predicted molar refractivity (Wildman–Crippen MR) is 86.4 cm³/mol. The minimum atomic E-state index is -0.994. The molecular formula is C18H17NO4. The third-order valence-electron chi connectivity index (χ3n) is 3.22. The first-order valence-electron chi connectivity index (χ1n) is 7.04. The average Bonchev–Trinajstić information content (AvgIpc) is 2.58. The van der Waals surface area contributed by atoms with E-state index in [0.717, 1.165) is 11.1 Å². The van der Waals surface area contributed by atoms with Gasteiger partial charge in [0.15, 0.2) is 0 Å². The van der Waals surface area contributed by atoms with Crippen LogP contribution in [0.15, 0.2) is 67.3 Å². The third kappa shape index (κ3) is 4.44. The molecular weight excluding hydrogens is 294 g/mol. The van der Waals surface area contributed by atoms with Crippen molar-refractivity contribution < 1.29 is 19.4 Å². The number of aromatic carboxylic acids is 1. The van der Waals surface area contributed by atoms with E-state index in [0.29, 0.717) is 0 Å². The van der Waals surface area contributed by atoms with E-state index < -0.39 is 18.1 Å². The molecule has 0 aliphatic rings. The standard InChI is InChI=1S/C18H17NO4/c1-2-12-23-18(22)19-16(13-6-4-3-5-7-13)14-8-10-15(11-9-14)17(20)21/h2-11,16H,1,12H2,(H,19,22)(H,20,21). The number of benzene rings is 2. The zero-order chi connectivity index (χ0) is 16.7. The SMILES string of the molecule is C=CCOC(=O)NC(c1ccccc1)c1ccc(C(=O)O)cc1. The highest BCUT2D eigenvalue weighted by Gasteiger charge is 2.17. The highest BCUT2D eigenvalue weighted by Crippen LogP contribution is 2.22. The van der Waals surface area contributed by atoms with Gasteiger partial charge < -0.3 is 15.2 Å². The smallest absolute Gasteiger partial charge is 0.408 e. The number of carboxylic acids is 1. The molecule has 1 amide bonds. The molecule has 23 heavy (non-hydrogen) atoms. The van der Waals surface area contributed by atoms with Gasteiger partial charge in [-0.15, -0.1) is 0 Å². The number of carbonyl (C=O) groups is 2. The van der Waals surface area contributed by atoms with Crippen LogP contribution < -0.4 is 5.32 Å². The van der Waals surface area contributed by atoms with Crippen LogP contribution in [0.2, 0.25) is 0 Å². The molecule has 0 spiro atoms. The highest BCUT2D eigenvalue weighted by molar-refractivity contribution is 5.87. The van der Waals surface area contributed by atoms with Crippen molar-refractivity contribution in [3.05, 3.63) is 83.9 Å². The summed E-state index contributed by atoms with van der Waals surface area (Å²) in [4.78, 5) is 22.8. The van der Waals surface area contributed by atoms with E-state index in [4.69, 9.17) is 9.84 Å². The summed E-state index contributed by atoms with van der Waals surface area (Å²) in [7, 11) is 0. The summed E-state index contributed by atoms with van der Waals surface area (Å²) in [5, 5.41) is 11.8. The van der Waals surface area contributed by atoms with Crippen LogP contribution >= 0.6 is 0 Å². The molecule has 5 heteroatoms. The number of carbonyl (C=O) groups excluding carboxylic acids is 1. The maximum absolute atomic E-state index is 11.9. The molecule has 1 unspecified atom stereocenters. The van der Waals surface area contributed by atoms with Crippen molar-refractivity contribution >= 4 is 12.1 Å². The average molecular weight is 311 g/mol. The zero-order valence-corrected chi connectivity index (χ0v) is 12.4. The van der Waals surface area contributed by atoms with Crippen molar-refractivity contribution in [2.45, 2.75) is 6.04 Å². The van der Waals surface area contributed by atoms with E-state index in [1.807, 2.05) is 30.3 Å². The lowest BCUT2D eigenvalue weighted by molar-refractivity contribution is 0.0696. The predicted octanol–water partition coefficient (Wildman–Crippen LogP) is 3.39. The van der Waals surface area contributed by atoms with E-state index in [2.05, 4.69) is 11.9 Å². The largest absolute Gasteiger partial charge is 0.478 e. The van der Waals surface area contributed by atoms with Crippen LogP contribution in [0.5, 0.6) is 0 Å². The van der Waals surface area contributed by atoms with Crippen LogP contribution in [0.25, 0.3) is 0 Å². The zero-order valence-electron chi connectivity index (χ0n) is 12.4. The topological polar surface area (TPSA) is 75.6 Å². The van der Waals surface area contributed by atoms with Crippen molar-refractivity contribution in [3.8, 4) is 0 Å². The van der Waals surface area contributed by atoms with Crippen molar-refractivity contribution in [2.75, 3.05) is 6.61 Å². The van der Waals surface area contributed by atoms with Gasteiger partial charge in [0.25, 0.3) is 0 Å². The Morgan fingerprint density at radius 1 is 1.09 bits per heavy atom. The van der Waals surface area contributed by atoms with Crippen molar-refractivity contribution in [1.82, 2.24) is 5.32 Å². The summed E-state index contributed by atoms with van der Waals surface area (Å²) >= 11 is 0. The van der Waals surface area contributed by atoms with Gasteiger partial charge in [-0.25, -0.2) is 9.59 Å². The number of rotatable bonds is 6. The molecule has 0 aliphatic carbocycles. The molecule has 0 saturated heterocycles. The first kappa shape index (κ1) is 16.3. The number of amides is 1. The lowest BCUT2D eigenvalue weighted by Gasteiger charge is -2.19. The monoisotopic (exact) mass is 311 g/mol. The second kappa shape index (κ2) is 7.79. The Labute approximate surface area is 134 Å². The number of carboxylic acid groups (broad SMARTS) is 1. The third-order valence-corrected chi connectivity index (χ3v) is 3.22. The molecule has 2 aromatic carbocycles. The molecule has 2 rings (SSSR count). The Morgan fingerprint density at radius 3 is 2.26 bits per heavy atom. The quantitative estimate of drug-likeness (QED) is 0.802. The molecule has 2 N–H and O–H groups in total. The summed E-state index contributed by atoms with van der Waals surface area (Å²) in [6.07, 6.45) is 0.916. The number of hydrogen-bond acceptors (Lipinski definition) is 3. The Balaban J connectivity index is 2.27. The fourth-order valence-corrected chi connectivity index (χ4v) is 2.12. The first-order chi connectivity index (χ1) is 11.1. The highest BCUT2D eigenvalue weighted by atomic mass is 16.5. The molecule has 0 fully saturated rings. The number of hydrogen-bond donors (Lipinski definition) is 2. The summed E-state index contributed by atoms with van der Waals surface area (Å²) < 4.78 is 4.96. The summed E-state index contributed by atoms with van der Waals surface area (Å²) in [5.74, 6) is -0.994. The van der Waals surface area contributed by atoms with Gasteiger partial charge in [0.05, 0.1) is 11.6 Å². The van der Waals surface area contributed by atoms with Crippen molar-refractivity contribution in [3.63, 3.8) is 0 Å². The number of alkyl carbamates (subject to hydrolysis) is 1. The molecule has 0 aromatic heterocycles. The van der Waals surface area contributed by atoms with Gasteiger partial charge in [0.2, 0.25) is 0 Å². The van der Waals surface area contributed by atoms with E-state index in [1.165, 1.54) is 18.2 Å². The van der Waals surface area contributed by atoms with Gasteiger partial charge in [-0.3, -0.25) is 0 Å². The molecule has 2 aromatic rings. The Kier molecular flexibility index (Phi) is 5.52. The maximum atomic E-state index is 11.9. The summed E-state index contributed by atoms with van der Waals surface area (Å²) in [5.41, 5.74) is 1.82. The van der Waals surface area contributed by atoms with Crippen LogP contribution in [0.1, 0.15) is 27.5 Å². The fraction of sp³-hybridized carbons (Fsp3) is 0.111. The van der Waals surface area contributed by atoms with E-state index >= 15 is 0 Å².